The molecule has 2 rings (SSSR count). The molecule has 7 nitrogen and oxygen atoms in total. The predicted molar refractivity (Wildman–Crippen MR) is 78.4 cm³/mol. The van der Waals surface area contributed by atoms with Crippen LogP contribution in [0.2, 0.25) is 0 Å². The average Bonchev–Trinajstić information content (AvgIpc) is 2.65. The molecule has 1 atom stereocenters. The summed E-state index contributed by atoms with van der Waals surface area (Å²) in [6.07, 6.45) is 0. The van der Waals surface area contributed by atoms with E-state index in [1.807, 2.05) is 6.92 Å². The lowest BCUT2D eigenvalue weighted by Gasteiger charge is -2.10. The number of non-ortho nitro benzene ring substituents is 1. The molecular weight excluding hydrogens is 294 g/mol. The van der Waals surface area contributed by atoms with Gasteiger partial charge in [-0.3, -0.25) is 10.1 Å². The third-order valence-corrected chi connectivity index (χ3v) is 4.30. The normalized spacial score (nSPS) is 12.2. The monoisotopic (exact) mass is 309 g/mol. The van der Waals surface area contributed by atoms with Crippen LogP contribution in [0.1, 0.15) is 22.8 Å². The Morgan fingerprint density at radius 3 is 2.48 bits per heavy atom. The summed E-state index contributed by atoms with van der Waals surface area (Å²) in [5.41, 5.74) is 2.05. The molecule has 0 radical (unpaired) electrons. The first-order valence-corrected chi connectivity index (χ1v) is 7.22. The zero-order chi connectivity index (χ0) is 15.7. The van der Waals surface area contributed by atoms with Gasteiger partial charge in [-0.15, -0.1) is 0 Å². The van der Waals surface area contributed by atoms with E-state index in [0.29, 0.717) is 11.4 Å². The Hall–Kier alpha value is -2.22. The average molecular weight is 309 g/mol. The molecule has 0 aliphatic heterocycles. The lowest BCUT2D eigenvalue weighted by atomic mass is 10.2. The number of aromatic nitrogens is 2. The SMILES string of the molecule is Cc1ccc([N+](=O)[O-])cc1OS(=O)n1c(C)nc(C)c1C. The van der Waals surface area contributed by atoms with E-state index in [1.165, 1.54) is 16.1 Å². The van der Waals surface area contributed by atoms with Gasteiger partial charge in [-0.25, -0.2) is 8.96 Å². The summed E-state index contributed by atoms with van der Waals surface area (Å²) in [6.45, 7) is 7.06. The molecule has 0 N–H and O–H groups in total. The van der Waals surface area contributed by atoms with Crippen LogP contribution in [-0.4, -0.2) is 18.1 Å². The van der Waals surface area contributed by atoms with Crippen molar-refractivity contribution in [2.45, 2.75) is 27.7 Å². The number of nitro groups is 1. The van der Waals surface area contributed by atoms with Crippen molar-refractivity contribution < 1.29 is 13.3 Å². The van der Waals surface area contributed by atoms with Gasteiger partial charge in [0.25, 0.3) is 5.69 Å². The Morgan fingerprint density at radius 1 is 1.29 bits per heavy atom. The van der Waals surface area contributed by atoms with Gasteiger partial charge >= 0.3 is 11.3 Å². The number of nitrogens with zero attached hydrogens (tertiary/aromatic N) is 3. The third-order valence-electron chi connectivity index (χ3n) is 3.14. The van der Waals surface area contributed by atoms with E-state index in [0.717, 1.165) is 11.4 Å². The van der Waals surface area contributed by atoms with Gasteiger partial charge in [0.1, 0.15) is 5.82 Å². The molecule has 0 amide bonds. The topological polar surface area (TPSA) is 87.3 Å². The van der Waals surface area contributed by atoms with Crippen LogP contribution in [0, 0.1) is 37.8 Å². The van der Waals surface area contributed by atoms with Gasteiger partial charge in [-0.1, -0.05) is 0 Å². The summed E-state index contributed by atoms with van der Waals surface area (Å²) < 4.78 is 19.2. The highest BCUT2D eigenvalue weighted by atomic mass is 32.2. The van der Waals surface area contributed by atoms with Gasteiger partial charge < -0.3 is 4.18 Å². The molecule has 8 heteroatoms. The molecular formula is C13H15N3O4S. The lowest BCUT2D eigenvalue weighted by molar-refractivity contribution is -0.384. The van der Waals surface area contributed by atoms with Crippen LogP contribution >= 0.6 is 0 Å². The highest BCUT2D eigenvalue weighted by Gasteiger charge is 2.17. The molecule has 0 saturated heterocycles. The second-order valence-electron chi connectivity index (χ2n) is 4.63. The number of rotatable bonds is 4. The predicted octanol–water partition coefficient (Wildman–Crippen LogP) is 2.53. The van der Waals surface area contributed by atoms with E-state index >= 15 is 0 Å². The molecule has 1 heterocycles. The largest absolute Gasteiger partial charge is 0.384 e. The molecule has 21 heavy (non-hydrogen) atoms. The molecule has 1 aromatic carbocycles. The van der Waals surface area contributed by atoms with Gasteiger partial charge in [0.2, 0.25) is 0 Å². The number of aryl methyl sites for hydroxylation is 3. The Morgan fingerprint density at radius 2 is 1.95 bits per heavy atom. The number of hydrogen-bond donors (Lipinski definition) is 0. The van der Waals surface area contributed by atoms with Gasteiger partial charge in [0, 0.05) is 6.07 Å². The second kappa shape index (κ2) is 5.65. The summed E-state index contributed by atoms with van der Waals surface area (Å²) in [7, 11) is 0. The Kier molecular flexibility index (Phi) is 4.08. The molecule has 0 spiro atoms. The molecule has 0 saturated carbocycles. The van der Waals surface area contributed by atoms with E-state index in [2.05, 4.69) is 4.98 Å². The first-order valence-electron chi connectivity index (χ1n) is 6.19. The fourth-order valence-electron chi connectivity index (χ4n) is 1.88. The van der Waals surface area contributed by atoms with Crippen LogP contribution in [0.15, 0.2) is 18.2 Å². The molecule has 0 bridgehead atoms. The Labute approximate surface area is 124 Å². The second-order valence-corrected chi connectivity index (χ2v) is 5.60. The van der Waals surface area contributed by atoms with Crippen molar-refractivity contribution in [2.75, 3.05) is 0 Å². The zero-order valence-electron chi connectivity index (χ0n) is 12.1. The fourth-order valence-corrected chi connectivity index (χ4v) is 2.90. The van der Waals surface area contributed by atoms with E-state index in [1.54, 1.807) is 26.8 Å². The van der Waals surface area contributed by atoms with Crippen LogP contribution in [-0.2, 0) is 11.3 Å². The van der Waals surface area contributed by atoms with Crippen molar-refractivity contribution >= 4 is 17.0 Å². The van der Waals surface area contributed by atoms with Crippen molar-refractivity contribution in [3.05, 3.63) is 51.1 Å². The number of nitro benzene ring substituents is 1. The summed E-state index contributed by atoms with van der Waals surface area (Å²) in [5, 5.41) is 10.8. The molecule has 0 fully saturated rings. The minimum absolute atomic E-state index is 0.108. The van der Waals surface area contributed by atoms with E-state index < -0.39 is 16.2 Å². The van der Waals surface area contributed by atoms with Gasteiger partial charge in [-0.2, -0.15) is 4.21 Å². The first kappa shape index (κ1) is 15.2. The van der Waals surface area contributed by atoms with Gasteiger partial charge in [0.15, 0.2) is 5.75 Å². The van der Waals surface area contributed by atoms with Crippen LogP contribution in [0.4, 0.5) is 5.69 Å². The van der Waals surface area contributed by atoms with Crippen molar-refractivity contribution in [3.8, 4) is 5.75 Å². The standard InChI is InChI=1S/C13H15N3O4S/c1-8-5-6-12(16(17)18)7-13(8)20-21(19)15-10(3)9(2)14-11(15)4/h5-7H,1-4H3. The maximum absolute atomic E-state index is 12.3. The summed E-state index contributed by atoms with van der Waals surface area (Å²) >= 11 is -1.84. The molecule has 112 valence electrons. The molecule has 0 aliphatic rings. The maximum atomic E-state index is 12.3. The number of imidazole rings is 1. The molecule has 1 unspecified atom stereocenters. The fraction of sp³-hybridized carbons (Fsp3) is 0.308. The van der Waals surface area contributed by atoms with Gasteiger partial charge in [0.05, 0.1) is 22.4 Å². The van der Waals surface area contributed by atoms with Crippen molar-refractivity contribution in [3.63, 3.8) is 0 Å². The minimum Gasteiger partial charge on any atom is -0.384 e. The molecule has 1 aromatic heterocycles. The smallest absolute Gasteiger partial charge is 0.324 e. The quantitative estimate of drug-likeness (QED) is 0.639. The number of benzene rings is 1. The highest BCUT2D eigenvalue weighted by molar-refractivity contribution is 7.79. The van der Waals surface area contributed by atoms with Crippen molar-refractivity contribution in [1.29, 1.82) is 0 Å². The van der Waals surface area contributed by atoms with Crippen LogP contribution in [0.3, 0.4) is 0 Å². The van der Waals surface area contributed by atoms with Crippen LogP contribution in [0.25, 0.3) is 0 Å². The highest BCUT2D eigenvalue weighted by Crippen LogP contribution is 2.25. The zero-order valence-corrected chi connectivity index (χ0v) is 12.9. The first-order chi connectivity index (χ1) is 9.81. The van der Waals surface area contributed by atoms with Crippen LogP contribution in [0.5, 0.6) is 5.75 Å². The number of hydrogen-bond acceptors (Lipinski definition) is 5. The lowest BCUT2D eigenvalue weighted by Crippen LogP contribution is -2.14. The van der Waals surface area contributed by atoms with Crippen LogP contribution < -0.4 is 4.18 Å². The van der Waals surface area contributed by atoms with Crippen molar-refractivity contribution in [2.24, 2.45) is 0 Å². The summed E-state index contributed by atoms with van der Waals surface area (Å²) in [6, 6.07) is 4.20. The molecule has 2 aromatic rings. The van der Waals surface area contributed by atoms with E-state index in [9.17, 15) is 14.3 Å². The van der Waals surface area contributed by atoms with Crippen molar-refractivity contribution in [1.82, 2.24) is 8.96 Å². The minimum atomic E-state index is -1.84. The maximum Gasteiger partial charge on any atom is 0.324 e. The van der Waals surface area contributed by atoms with Gasteiger partial charge in [-0.05, 0) is 39.3 Å². The Bertz CT molecular complexity index is 739. The third kappa shape index (κ3) is 2.94. The van der Waals surface area contributed by atoms with E-state index in [4.69, 9.17) is 4.18 Å². The summed E-state index contributed by atoms with van der Waals surface area (Å²) in [4.78, 5) is 14.5. The summed E-state index contributed by atoms with van der Waals surface area (Å²) in [5.74, 6) is 0.777. The molecule has 0 aliphatic carbocycles. The Balaban J connectivity index is 2.35. The van der Waals surface area contributed by atoms with E-state index in [-0.39, 0.29) is 11.4 Å².